The van der Waals surface area contributed by atoms with Crippen LogP contribution in [-0.2, 0) is 0 Å². The van der Waals surface area contributed by atoms with Crippen LogP contribution >= 0.6 is 0 Å². The Kier molecular flexibility index (Phi) is 6.78. The number of hydrogen-bond donors (Lipinski definition) is 1. The van der Waals surface area contributed by atoms with Gasteiger partial charge < -0.3 is 15.0 Å². The Morgan fingerprint density at radius 3 is 2.38 bits per heavy atom. The van der Waals surface area contributed by atoms with Crippen molar-refractivity contribution in [1.82, 2.24) is 15.1 Å². The third-order valence-electron chi connectivity index (χ3n) is 5.83. The van der Waals surface area contributed by atoms with Gasteiger partial charge in [0.25, 0.3) is 0 Å². The molecule has 2 fully saturated rings. The van der Waals surface area contributed by atoms with Crippen LogP contribution < -0.4 is 10.1 Å². The van der Waals surface area contributed by atoms with Crippen molar-refractivity contribution in [2.75, 3.05) is 46.9 Å². The summed E-state index contributed by atoms with van der Waals surface area (Å²) in [5.74, 6) is 2.80. The van der Waals surface area contributed by atoms with Crippen LogP contribution in [0.2, 0.25) is 0 Å². The molecule has 5 nitrogen and oxygen atoms in total. The number of rotatable bonds is 5. The Labute approximate surface area is 158 Å². The van der Waals surface area contributed by atoms with E-state index >= 15 is 0 Å². The fourth-order valence-corrected chi connectivity index (χ4v) is 4.08. The van der Waals surface area contributed by atoms with Crippen LogP contribution in [0.4, 0.5) is 0 Å². The van der Waals surface area contributed by atoms with Crippen molar-refractivity contribution in [3.05, 3.63) is 29.8 Å². The zero-order chi connectivity index (χ0) is 18.4. The summed E-state index contributed by atoms with van der Waals surface area (Å²) >= 11 is 0. The number of aliphatic imine (C=N–C) groups is 1. The minimum absolute atomic E-state index is 0.379. The number of hydrogen-bond acceptors (Lipinski definition) is 3. The van der Waals surface area contributed by atoms with Crippen molar-refractivity contribution in [2.24, 2.45) is 10.9 Å². The topological polar surface area (TPSA) is 40.1 Å². The van der Waals surface area contributed by atoms with E-state index in [0.29, 0.717) is 6.04 Å². The second-order valence-electron chi connectivity index (χ2n) is 7.63. The lowest BCUT2D eigenvalue weighted by atomic mass is 9.99. The second kappa shape index (κ2) is 9.26. The average Bonchev–Trinajstić information content (AvgIpc) is 3.21. The Balaban J connectivity index is 1.66. The summed E-state index contributed by atoms with van der Waals surface area (Å²) in [5.41, 5.74) is 1.35. The third-order valence-corrected chi connectivity index (χ3v) is 5.83. The number of benzene rings is 1. The average molecular weight is 359 g/mol. The largest absolute Gasteiger partial charge is 0.497 e. The quantitative estimate of drug-likeness (QED) is 0.648. The fourth-order valence-electron chi connectivity index (χ4n) is 4.08. The van der Waals surface area contributed by atoms with E-state index in [4.69, 9.17) is 4.74 Å². The molecule has 1 N–H and O–H groups in total. The van der Waals surface area contributed by atoms with Gasteiger partial charge in [-0.25, -0.2) is 0 Å². The lowest BCUT2D eigenvalue weighted by Crippen LogP contribution is -2.47. The Hall–Kier alpha value is -1.75. The first-order valence-electron chi connectivity index (χ1n) is 10.0. The molecule has 1 atom stereocenters. The molecular formula is C21H34N4O. The van der Waals surface area contributed by atoms with E-state index in [9.17, 15) is 0 Å². The van der Waals surface area contributed by atoms with Crippen LogP contribution in [0, 0.1) is 5.92 Å². The van der Waals surface area contributed by atoms with Crippen LogP contribution in [0.15, 0.2) is 29.3 Å². The number of guanidine groups is 1. The lowest BCUT2D eigenvalue weighted by Gasteiger charge is -2.35. The van der Waals surface area contributed by atoms with Crippen molar-refractivity contribution in [1.29, 1.82) is 0 Å². The predicted octanol–water partition coefficient (Wildman–Crippen LogP) is 3.14. The van der Waals surface area contributed by atoms with Crippen LogP contribution in [0.5, 0.6) is 5.75 Å². The molecule has 2 heterocycles. The molecule has 2 aliphatic heterocycles. The standard InChI is InChI=1S/C21H34N4O/c1-17-10-14-25(15-11-17)21(22-2)23-16-20(24-12-4-5-13-24)18-6-8-19(26-3)9-7-18/h6-9,17,20H,4-5,10-16H2,1-3H3,(H,22,23). The minimum atomic E-state index is 0.379. The van der Waals surface area contributed by atoms with E-state index in [0.717, 1.165) is 37.3 Å². The van der Waals surface area contributed by atoms with Crippen molar-refractivity contribution < 1.29 is 4.74 Å². The summed E-state index contributed by atoms with van der Waals surface area (Å²) in [6.45, 7) is 7.82. The van der Waals surface area contributed by atoms with Crippen LogP contribution in [0.3, 0.4) is 0 Å². The van der Waals surface area contributed by atoms with E-state index in [-0.39, 0.29) is 0 Å². The molecule has 0 bridgehead atoms. The molecule has 3 rings (SSSR count). The highest BCUT2D eigenvalue weighted by atomic mass is 16.5. The summed E-state index contributed by atoms with van der Waals surface area (Å²) in [6.07, 6.45) is 5.11. The fraction of sp³-hybridized carbons (Fsp3) is 0.667. The maximum Gasteiger partial charge on any atom is 0.193 e. The zero-order valence-corrected chi connectivity index (χ0v) is 16.6. The van der Waals surface area contributed by atoms with Crippen molar-refractivity contribution in [3.8, 4) is 5.75 Å². The third kappa shape index (κ3) is 4.70. The number of nitrogens with zero attached hydrogens (tertiary/aromatic N) is 3. The predicted molar refractivity (Wildman–Crippen MR) is 108 cm³/mol. The number of methoxy groups -OCH3 is 1. The first kappa shape index (κ1) is 19.0. The first-order valence-corrected chi connectivity index (χ1v) is 10.0. The van der Waals surface area contributed by atoms with Crippen molar-refractivity contribution >= 4 is 5.96 Å². The Morgan fingerprint density at radius 1 is 1.15 bits per heavy atom. The van der Waals surface area contributed by atoms with E-state index in [1.807, 2.05) is 7.05 Å². The van der Waals surface area contributed by atoms with Crippen molar-refractivity contribution in [2.45, 2.75) is 38.6 Å². The van der Waals surface area contributed by atoms with Gasteiger partial charge in [-0.3, -0.25) is 9.89 Å². The molecule has 26 heavy (non-hydrogen) atoms. The molecule has 0 radical (unpaired) electrons. The van der Waals surface area contributed by atoms with Gasteiger partial charge in [-0.05, 0) is 62.4 Å². The number of nitrogens with one attached hydrogen (secondary N) is 1. The second-order valence-corrected chi connectivity index (χ2v) is 7.63. The number of piperidine rings is 1. The first-order chi connectivity index (χ1) is 12.7. The Bertz CT molecular complexity index is 572. The molecule has 144 valence electrons. The molecule has 2 aliphatic rings. The minimum Gasteiger partial charge on any atom is -0.497 e. The van der Waals surface area contributed by atoms with E-state index in [1.165, 1.54) is 44.3 Å². The van der Waals surface area contributed by atoms with Gasteiger partial charge in [0.15, 0.2) is 5.96 Å². The highest BCUT2D eigenvalue weighted by Gasteiger charge is 2.25. The van der Waals surface area contributed by atoms with Crippen LogP contribution in [0.1, 0.15) is 44.2 Å². The maximum absolute atomic E-state index is 5.32. The highest BCUT2D eigenvalue weighted by molar-refractivity contribution is 5.80. The Morgan fingerprint density at radius 2 is 1.81 bits per heavy atom. The molecule has 1 unspecified atom stereocenters. The lowest BCUT2D eigenvalue weighted by molar-refractivity contribution is 0.237. The molecule has 2 saturated heterocycles. The highest BCUT2D eigenvalue weighted by Crippen LogP contribution is 2.26. The van der Waals surface area contributed by atoms with E-state index in [2.05, 4.69) is 51.3 Å². The van der Waals surface area contributed by atoms with Gasteiger partial charge in [0.1, 0.15) is 5.75 Å². The summed E-state index contributed by atoms with van der Waals surface area (Å²) in [4.78, 5) is 9.56. The normalized spacial score (nSPS) is 21.0. The summed E-state index contributed by atoms with van der Waals surface area (Å²) in [7, 11) is 3.62. The van der Waals surface area contributed by atoms with Crippen LogP contribution in [-0.4, -0.2) is 62.6 Å². The molecule has 1 aromatic carbocycles. The van der Waals surface area contributed by atoms with Gasteiger partial charge in [-0.1, -0.05) is 19.1 Å². The number of ether oxygens (including phenoxy) is 1. The van der Waals surface area contributed by atoms with E-state index < -0.39 is 0 Å². The SMILES string of the molecule is CN=C(NCC(c1ccc(OC)cc1)N1CCCC1)N1CCC(C)CC1. The van der Waals surface area contributed by atoms with Gasteiger partial charge in [-0.2, -0.15) is 0 Å². The van der Waals surface area contributed by atoms with Gasteiger partial charge in [0.05, 0.1) is 13.2 Å². The zero-order valence-electron chi connectivity index (χ0n) is 16.6. The monoisotopic (exact) mass is 358 g/mol. The van der Waals surface area contributed by atoms with Gasteiger partial charge >= 0.3 is 0 Å². The number of likely N-dealkylation sites (tertiary alicyclic amines) is 2. The maximum atomic E-state index is 5.32. The molecule has 5 heteroatoms. The molecule has 0 aromatic heterocycles. The van der Waals surface area contributed by atoms with Gasteiger partial charge in [0.2, 0.25) is 0 Å². The summed E-state index contributed by atoms with van der Waals surface area (Å²) < 4.78 is 5.32. The van der Waals surface area contributed by atoms with Gasteiger partial charge in [0, 0.05) is 26.7 Å². The molecule has 0 saturated carbocycles. The molecule has 0 spiro atoms. The molecule has 1 aromatic rings. The molecule has 0 aliphatic carbocycles. The van der Waals surface area contributed by atoms with Gasteiger partial charge in [-0.15, -0.1) is 0 Å². The summed E-state index contributed by atoms with van der Waals surface area (Å²) in [6, 6.07) is 8.92. The molecule has 0 amide bonds. The van der Waals surface area contributed by atoms with Crippen LogP contribution in [0.25, 0.3) is 0 Å². The molecular weight excluding hydrogens is 324 g/mol. The van der Waals surface area contributed by atoms with E-state index in [1.54, 1.807) is 7.11 Å². The summed E-state index contributed by atoms with van der Waals surface area (Å²) in [5, 5.41) is 3.66. The van der Waals surface area contributed by atoms with Crippen molar-refractivity contribution in [3.63, 3.8) is 0 Å². The smallest absolute Gasteiger partial charge is 0.193 e.